The summed E-state index contributed by atoms with van der Waals surface area (Å²) in [6.07, 6.45) is 0. The predicted molar refractivity (Wildman–Crippen MR) is 125 cm³/mol. The molecule has 2 unspecified atom stereocenters. The maximum Gasteiger partial charge on any atom is 0.256 e. The second kappa shape index (κ2) is 8.69. The van der Waals surface area contributed by atoms with E-state index in [2.05, 4.69) is 5.32 Å². The maximum absolute atomic E-state index is 15.0. The zero-order chi connectivity index (χ0) is 25.9. The zero-order valence-electron chi connectivity index (χ0n) is 17.7. The first-order chi connectivity index (χ1) is 16.3. The topological polar surface area (TPSA) is 72.2 Å². The quantitative estimate of drug-likeness (QED) is 0.298. The molecule has 0 saturated heterocycles. The molecule has 4 rings (SSSR count). The lowest BCUT2D eigenvalue weighted by Gasteiger charge is -2.18. The molecule has 4 nitrogen and oxygen atoms in total. The maximum atomic E-state index is 15.0. The fourth-order valence-corrected chi connectivity index (χ4v) is 5.57. The Morgan fingerprint density at radius 1 is 0.943 bits per heavy atom. The number of hydrogen-bond donors (Lipinski definition) is 2. The van der Waals surface area contributed by atoms with Crippen molar-refractivity contribution in [3.8, 4) is 0 Å². The molecule has 1 aliphatic rings. The lowest BCUT2D eigenvalue weighted by molar-refractivity contribution is -0.120. The van der Waals surface area contributed by atoms with Crippen LogP contribution in [-0.4, -0.2) is 16.1 Å². The van der Waals surface area contributed by atoms with E-state index in [1.807, 2.05) is 0 Å². The molecular weight excluding hydrogens is 531 g/mol. The third-order valence-electron chi connectivity index (χ3n) is 6.13. The van der Waals surface area contributed by atoms with E-state index in [0.717, 1.165) is 24.3 Å². The molecule has 11 heteroatoms. The number of hydrogen-bond acceptors (Lipinski definition) is 2. The number of carbonyl (C=O) groups is 2. The second-order valence-electron chi connectivity index (χ2n) is 8.11. The van der Waals surface area contributed by atoms with E-state index in [0.29, 0.717) is 6.07 Å². The number of rotatable bonds is 5. The molecule has 0 radical (unpaired) electrons. The van der Waals surface area contributed by atoms with Gasteiger partial charge in [0.1, 0.15) is 33.0 Å². The van der Waals surface area contributed by atoms with Gasteiger partial charge in [-0.3, -0.25) is 9.59 Å². The lowest BCUT2D eigenvalue weighted by atomic mass is 9.87. The smallest absolute Gasteiger partial charge is 0.256 e. The average Bonchev–Trinajstić information content (AvgIpc) is 3.31. The summed E-state index contributed by atoms with van der Waals surface area (Å²) in [4.78, 5) is 25.6. The van der Waals surface area contributed by atoms with Crippen LogP contribution in [0.4, 0.5) is 23.2 Å². The summed E-state index contributed by atoms with van der Waals surface area (Å²) < 4.78 is 54.0. The summed E-state index contributed by atoms with van der Waals surface area (Å²) in [7, 11) is 0. The van der Waals surface area contributed by atoms with Gasteiger partial charge in [0.15, 0.2) is 0 Å². The first kappa shape index (κ1) is 25.3. The van der Waals surface area contributed by atoms with Gasteiger partial charge in [0, 0.05) is 17.5 Å². The van der Waals surface area contributed by atoms with E-state index < -0.39 is 50.7 Å². The van der Waals surface area contributed by atoms with Crippen molar-refractivity contribution >= 4 is 52.3 Å². The Balaban J connectivity index is 1.82. The van der Waals surface area contributed by atoms with Crippen LogP contribution in [0.2, 0.25) is 5.02 Å². The largest absolute Gasteiger partial charge is 0.369 e. The standard InChI is InChI=1S/C24H15Cl3F4N2O2/c1-10-14(21(34)33-19-5-3-13(28)9-18(19)31)7-12(8-17(10)30)23(22(32)35)20(24(23,26)27)11-2-4-16(29)15(25)6-11/h2-9,20H,1H3,(H2,32,35)(H,33,34). The van der Waals surface area contributed by atoms with Crippen LogP contribution in [0.3, 0.4) is 0 Å². The molecule has 0 bridgehead atoms. The number of alkyl halides is 2. The summed E-state index contributed by atoms with van der Waals surface area (Å²) >= 11 is 18.9. The van der Waals surface area contributed by atoms with Gasteiger partial charge in [0.05, 0.1) is 10.7 Å². The molecule has 0 spiro atoms. The fraction of sp³-hybridized carbons (Fsp3) is 0.167. The van der Waals surface area contributed by atoms with Crippen molar-refractivity contribution in [2.75, 3.05) is 5.32 Å². The van der Waals surface area contributed by atoms with E-state index in [1.54, 1.807) is 0 Å². The summed E-state index contributed by atoms with van der Waals surface area (Å²) in [5, 5.41) is 1.98. The van der Waals surface area contributed by atoms with Crippen molar-refractivity contribution in [2.24, 2.45) is 5.73 Å². The van der Waals surface area contributed by atoms with Crippen LogP contribution < -0.4 is 11.1 Å². The normalized spacial score (nSPS) is 20.4. The molecule has 1 aliphatic carbocycles. The summed E-state index contributed by atoms with van der Waals surface area (Å²) in [6.45, 7) is 1.30. The van der Waals surface area contributed by atoms with Gasteiger partial charge >= 0.3 is 0 Å². The molecular formula is C24H15Cl3F4N2O2. The zero-order valence-corrected chi connectivity index (χ0v) is 20.0. The highest BCUT2D eigenvalue weighted by Gasteiger charge is 2.81. The lowest BCUT2D eigenvalue weighted by Crippen LogP contribution is -2.34. The Bertz CT molecular complexity index is 1400. The highest BCUT2D eigenvalue weighted by molar-refractivity contribution is 6.55. The minimum absolute atomic E-state index is 0.117. The van der Waals surface area contributed by atoms with Crippen molar-refractivity contribution in [1.29, 1.82) is 0 Å². The molecule has 3 N–H and O–H groups in total. The monoisotopic (exact) mass is 544 g/mol. The highest BCUT2D eigenvalue weighted by atomic mass is 35.5. The summed E-state index contributed by atoms with van der Waals surface area (Å²) in [6, 6.07) is 8.23. The van der Waals surface area contributed by atoms with Gasteiger partial charge in [-0.25, -0.2) is 17.6 Å². The minimum atomic E-state index is -1.90. The number of carbonyl (C=O) groups excluding carboxylic acids is 2. The van der Waals surface area contributed by atoms with Crippen molar-refractivity contribution in [3.05, 3.63) is 99.1 Å². The molecule has 3 aromatic carbocycles. The van der Waals surface area contributed by atoms with E-state index in [1.165, 1.54) is 25.1 Å². The van der Waals surface area contributed by atoms with Crippen LogP contribution in [0.5, 0.6) is 0 Å². The number of nitrogens with one attached hydrogen (secondary N) is 1. The van der Waals surface area contributed by atoms with Crippen molar-refractivity contribution in [1.82, 2.24) is 0 Å². The van der Waals surface area contributed by atoms with Crippen LogP contribution in [0.15, 0.2) is 48.5 Å². The molecule has 0 aromatic heterocycles. The summed E-state index contributed by atoms with van der Waals surface area (Å²) in [5.74, 6) is -6.52. The molecule has 0 heterocycles. The van der Waals surface area contributed by atoms with Gasteiger partial charge in [-0.1, -0.05) is 40.9 Å². The molecule has 35 heavy (non-hydrogen) atoms. The SMILES string of the molecule is Cc1c(F)cc(C2(C(N)=O)C(c3ccc(F)c(Cl)c3)C2(Cl)Cl)cc1C(=O)Nc1ccc(F)cc1F. The Morgan fingerprint density at radius 2 is 1.63 bits per heavy atom. The number of nitrogens with two attached hydrogens (primary N) is 1. The summed E-state index contributed by atoms with van der Waals surface area (Å²) in [5.41, 5.74) is 3.20. The number of primary amides is 1. The Labute approximate surface area is 212 Å². The predicted octanol–water partition coefficient (Wildman–Crippen LogP) is 6.15. The van der Waals surface area contributed by atoms with E-state index >= 15 is 0 Å². The number of halogens is 7. The van der Waals surface area contributed by atoms with Crippen molar-refractivity contribution < 1.29 is 27.2 Å². The Morgan fingerprint density at radius 3 is 2.23 bits per heavy atom. The molecule has 1 fully saturated rings. The first-order valence-electron chi connectivity index (χ1n) is 10.0. The van der Waals surface area contributed by atoms with Gasteiger partial charge in [-0.15, -0.1) is 0 Å². The average molecular weight is 546 g/mol. The number of anilines is 1. The van der Waals surface area contributed by atoms with Gasteiger partial charge in [0.25, 0.3) is 5.91 Å². The van der Waals surface area contributed by atoms with E-state index in [4.69, 9.17) is 40.5 Å². The minimum Gasteiger partial charge on any atom is -0.369 e. The van der Waals surface area contributed by atoms with Gasteiger partial charge in [-0.05, 0) is 60.0 Å². The van der Waals surface area contributed by atoms with Gasteiger partial charge < -0.3 is 11.1 Å². The van der Waals surface area contributed by atoms with Gasteiger partial charge in [0.2, 0.25) is 5.91 Å². The van der Waals surface area contributed by atoms with Crippen LogP contribution in [0, 0.1) is 30.2 Å². The first-order valence-corrected chi connectivity index (χ1v) is 11.2. The molecule has 3 aromatic rings. The molecule has 182 valence electrons. The second-order valence-corrected chi connectivity index (χ2v) is 9.90. The van der Waals surface area contributed by atoms with Gasteiger partial charge in [-0.2, -0.15) is 0 Å². The van der Waals surface area contributed by atoms with E-state index in [9.17, 15) is 27.2 Å². The number of amides is 2. The molecule has 1 saturated carbocycles. The van der Waals surface area contributed by atoms with E-state index in [-0.39, 0.29) is 33.0 Å². The van der Waals surface area contributed by atoms with Crippen molar-refractivity contribution in [2.45, 2.75) is 22.6 Å². The third-order valence-corrected chi connectivity index (χ3v) is 7.45. The molecule has 2 atom stereocenters. The van der Waals surface area contributed by atoms with Crippen LogP contribution in [0.1, 0.15) is 33.0 Å². The fourth-order valence-electron chi connectivity index (χ4n) is 4.29. The Kier molecular flexibility index (Phi) is 6.28. The molecule has 2 amide bonds. The van der Waals surface area contributed by atoms with Crippen molar-refractivity contribution in [3.63, 3.8) is 0 Å². The molecule has 0 aliphatic heterocycles. The highest BCUT2D eigenvalue weighted by Crippen LogP contribution is 2.74. The van der Waals surface area contributed by atoms with Crippen LogP contribution >= 0.6 is 34.8 Å². The van der Waals surface area contributed by atoms with Crippen LogP contribution in [0.25, 0.3) is 0 Å². The van der Waals surface area contributed by atoms with Crippen LogP contribution in [-0.2, 0) is 10.2 Å². The Hall–Kier alpha value is -2.81. The number of benzene rings is 3. The third kappa shape index (κ3) is 3.93.